The van der Waals surface area contributed by atoms with Crippen molar-refractivity contribution in [3.8, 4) is 5.82 Å². The smallest absolute Gasteiger partial charge is 0.410 e. The Balaban J connectivity index is 1.79. The fourth-order valence-corrected chi connectivity index (χ4v) is 4.30. The number of piperazine rings is 1. The first kappa shape index (κ1) is 24.0. The van der Waals surface area contributed by atoms with Crippen molar-refractivity contribution in [3.63, 3.8) is 0 Å². The molecule has 0 aliphatic carbocycles. The largest absolute Gasteiger partial charge is 0.462 e. The van der Waals surface area contributed by atoms with Gasteiger partial charge >= 0.3 is 12.1 Å². The average Bonchev–Trinajstić information content (AvgIpc) is 3.32. The summed E-state index contributed by atoms with van der Waals surface area (Å²) in [4.78, 5) is 38.6. The lowest BCUT2D eigenvalue weighted by Gasteiger charge is -2.38. The number of carbonyl (C=O) groups excluding carboxylic acids is 2. The van der Waals surface area contributed by atoms with E-state index in [1.54, 1.807) is 35.1 Å². The van der Waals surface area contributed by atoms with Gasteiger partial charge in [-0.15, -0.1) is 0 Å². The van der Waals surface area contributed by atoms with Crippen molar-refractivity contribution in [2.45, 2.75) is 33.3 Å². The van der Waals surface area contributed by atoms with Gasteiger partial charge in [0.25, 0.3) is 0 Å². The van der Waals surface area contributed by atoms with E-state index in [1.807, 2.05) is 39.0 Å². The van der Waals surface area contributed by atoms with Crippen molar-refractivity contribution < 1.29 is 19.1 Å². The SMILES string of the molecule is CCOC(=O)c1c(-n2ccnc2)nc2ccc(Br)cc2c1N1CCN(C(=O)OC(C)(C)C)CC1. The highest BCUT2D eigenvalue weighted by atomic mass is 79.9. The number of hydrogen-bond donors (Lipinski definition) is 0. The fraction of sp³-hybridized carbons (Fsp3) is 0.417. The van der Waals surface area contributed by atoms with Crippen LogP contribution in [0.2, 0.25) is 0 Å². The van der Waals surface area contributed by atoms with Gasteiger partial charge in [0.1, 0.15) is 17.5 Å². The van der Waals surface area contributed by atoms with Gasteiger partial charge in [-0.1, -0.05) is 15.9 Å². The number of ether oxygens (including phenoxy) is 2. The molecule has 10 heteroatoms. The number of nitrogens with zero attached hydrogens (tertiary/aromatic N) is 5. The third kappa shape index (κ3) is 5.01. The van der Waals surface area contributed by atoms with Crippen LogP contribution in [0.3, 0.4) is 0 Å². The second-order valence-electron chi connectivity index (χ2n) is 8.97. The van der Waals surface area contributed by atoms with Crippen LogP contribution in [0.5, 0.6) is 0 Å². The summed E-state index contributed by atoms with van der Waals surface area (Å²) in [6.07, 6.45) is 4.67. The Morgan fingerprint density at radius 2 is 1.88 bits per heavy atom. The standard InChI is InChI=1S/C24H28BrN5O4/c1-5-33-22(31)19-20(28-10-12-29(13-11-28)23(32)34-24(2,3)4)17-14-16(25)6-7-18(17)27-21(19)30-9-8-26-15-30/h6-9,14-15H,5,10-13H2,1-4H3. The van der Waals surface area contributed by atoms with E-state index in [1.165, 1.54) is 0 Å². The molecule has 0 N–H and O–H groups in total. The van der Waals surface area contributed by atoms with Gasteiger partial charge in [0.2, 0.25) is 0 Å². The fourth-order valence-electron chi connectivity index (χ4n) is 3.94. The molecule has 2 aromatic heterocycles. The van der Waals surface area contributed by atoms with Gasteiger partial charge in [0.05, 0.1) is 17.8 Å². The van der Waals surface area contributed by atoms with Gasteiger partial charge in [-0.05, 0) is 45.9 Å². The number of anilines is 1. The summed E-state index contributed by atoms with van der Waals surface area (Å²) in [6.45, 7) is 9.57. The summed E-state index contributed by atoms with van der Waals surface area (Å²) in [5.41, 5.74) is 1.29. The maximum absolute atomic E-state index is 13.3. The zero-order valence-electron chi connectivity index (χ0n) is 19.7. The first-order valence-corrected chi connectivity index (χ1v) is 12.0. The van der Waals surface area contributed by atoms with E-state index < -0.39 is 11.6 Å². The highest BCUT2D eigenvalue weighted by Gasteiger charge is 2.31. The molecule has 3 heterocycles. The molecular formula is C24H28BrN5O4. The van der Waals surface area contributed by atoms with E-state index in [2.05, 4.69) is 25.8 Å². The first-order valence-electron chi connectivity index (χ1n) is 11.2. The van der Waals surface area contributed by atoms with Gasteiger partial charge in [-0.3, -0.25) is 4.57 Å². The molecule has 0 saturated carbocycles. The molecule has 3 aromatic rings. The lowest BCUT2D eigenvalue weighted by molar-refractivity contribution is 0.0239. The van der Waals surface area contributed by atoms with Crippen LogP contribution < -0.4 is 4.90 Å². The van der Waals surface area contributed by atoms with Gasteiger partial charge in [-0.25, -0.2) is 19.6 Å². The number of fused-ring (bicyclic) bond motifs is 1. The molecular weight excluding hydrogens is 502 g/mol. The summed E-state index contributed by atoms with van der Waals surface area (Å²) >= 11 is 3.55. The number of imidazole rings is 1. The van der Waals surface area contributed by atoms with Crippen molar-refractivity contribution >= 4 is 44.6 Å². The minimum atomic E-state index is -0.557. The molecule has 0 radical (unpaired) electrons. The van der Waals surface area contributed by atoms with Crippen LogP contribution >= 0.6 is 15.9 Å². The number of aromatic nitrogens is 3. The summed E-state index contributed by atoms with van der Waals surface area (Å²) in [5, 5.41) is 0.826. The Labute approximate surface area is 206 Å². The third-order valence-electron chi connectivity index (χ3n) is 5.38. The number of benzene rings is 1. The van der Waals surface area contributed by atoms with Gasteiger partial charge < -0.3 is 19.3 Å². The first-order chi connectivity index (χ1) is 16.2. The molecule has 1 saturated heterocycles. The molecule has 0 atom stereocenters. The van der Waals surface area contributed by atoms with E-state index in [0.717, 1.165) is 21.1 Å². The lowest BCUT2D eigenvalue weighted by atomic mass is 10.1. The Kier molecular flexibility index (Phi) is 6.79. The lowest BCUT2D eigenvalue weighted by Crippen LogP contribution is -2.50. The number of esters is 1. The second-order valence-corrected chi connectivity index (χ2v) is 9.88. The molecule has 0 bridgehead atoms. The van der Waals surface area contributed by atoms with E-state index in [0.29, 0.717) is 37.6 Å². The molecule has 1 amide bonds. The molecule has 1 aromatic carbocycles. The third-order valence-corrected chi connectivity index (χ3v) is 5.87. The monoisotopic (exact) mass is 529 g/mol. The van der Waals surface area contributed by atoms with Crippen LogP contribution in [0.15, 0.2) is 41.4 Å². The van der Waals surface area contributed by atoms with Crippen molar-refractivity contribution in [2.24, 2.45) is 0 Å². The molecule has 34 heavy (non-hydrogen) atoms. The van der Waals surface area contributed by atoms with Crippen molar-refractivity contribution in [1.29, 1.82) is 0 Å². The van der Waals surface area contributed by atoms with E-state index in [4.69, 9.17) is 14.5 Å². The molecule has 9 nitrogen and oxygen atoms in total. The van der Waals surface area contributed by atoms with E-state index in [9.17, 15) is 9.59 Å². The maximum Gasteiger partial charge on any atom is 0.410 e. The number of halogens is 1. The number of pyridine rings is 1. The predicted octanol–water partition coefficient (Wildman–Crippen LogP) is 4.42. The quantitative estimate of drug-likeness (QED) is 0.462. The number of hydrogen-bond acceptors (Lipinski definition) is 7. The minimum Gasteiger partial charge on any atom is -0.462 e. The summed E-state index contributed by atoms with van der Waals surface area (Å²) in [5.74, 6) is 0.000455. The van der Waals surface area contributed by atoms with Gasteiger partial charge in [-0.2, -0.15) is 0 Å². The van der Waals surface area contributed by atoms with E-state index in [-0.39, 0.29) is 12.7 Å². The molecule has 1 aliphatic rings. The average molecular weight is 530 g/mol. The molecule has 180 valence electrons. The van der Waals surface area contributed by atoms with Crippen LogP contribution in [0, 0.1) is 0 Å². The normalized spacial score (nSPS) is 14.4. The van der Waals surface area contributed by atoms with Crippen molar-refractivity contribution in [1.82, 2.24) is 19.4 Å². The second kappa shape index (κ2) is 9.61. The van der Waals surface area contributed by atoms with Gasteiger partial charge in [0.15, 0.2) is 5.82 Å². The summed E-state index contributed by atoms with van der Waals surface area (Å²) in [6, 6.07) is 5.79. The minimum absolute atomic E-state index is 0.241. The van der Waals surface area contributed by atoms with Crippen LogP contribution in [0.25, 0.3) is 16.7 Å². The topological polar surface area (TPSA) is 89.8 Å². The van der Waals surface area contributed by atoms with Crippen molar-refractivity contribution in [2.75, 3.05) is 37.7 Å². The number of amides is 1. The predicted molar refractivity (Wildman–Crippen MR) is 133 cm³/mol. The van der Waals surface area contributed by atoms with Gasteiger partial charge in [0, 0.05) is 48.4 Å². The highest BCUT2D eigenvalue weighted by molar-refractivity contribution is 9.10. The van der Waals surface area contributed by atoms with Crippen molar-refractivity contribution in [3.05, 3.63) is 47.0 Å². The molecule has 4 rings (SSSR count). The van der Waals surface area contributed by atoms with Crippen LogP contribution in [0.4, 0.5) is 10.5 Å². The van der Waals surface area contributed by atoms with Crippen LogP contribution in [-0.2, 0) is 9.47 Å². The highest BCUT2D eigenvalue weighted by Crippen LogP contribution is 2.36. The van der Waals surface area contributed by atoms with Crippen LogP contribution in [0.1, 0.15) is 38.1 Å². The Hall–Kier alpha value is -3.14. The zero-order valence-corrected chi connectivity index (χ0v) is 21.3. The number of carbonyl (C=O) groups is 2. The summed E-state index contributed by atoms with van der Waals surface area (Å²) < 4.78 is 13.6. The maximum atomic E-state index is 13.3. The molecule has 0 spiro atoms. The zero-order chi connectivity index (χ0) is 24.5. The molecule has 1 aliphatic heterocycles. The molecule has 0 unspecified atom stereocenters. The summed E-state index contributed by atoms with van der Waals surface area (Å²) in [7, 11) is 0. The van der Waals surface area contributed by atoms with E-state index >= 15 is 0 Å². The Morgan fingerprint density at radius 3 is 2.50 bits per heavy atom. The van der Waals surface area contributed by atoms with Crippen LogP contribution in [-0.4, -0.2) is 69.9 Å². The Morgan fingerprint density at radius 1 is 1.15 bits per heavy atom. The molecule has 1 fully saturated rings. The Bertz CT molecular complexity index is 1200. The number of rotatable bonds is 4.